The minimum atomic E-state index is -0.0238. The van der Waals surface area contributed by atoms with Gasteiger partial charge in [-0.1, -0.05) is 15.9 Å². The number of nitrogens with one attached hydrogen (secondary N) is 1. The molecule has 0 radical (unpaired) electrons. The largest absolute Gasteiger partial charge is 0.354 e. The smallest absolute Gasteiger partial charge is 0.254 e. The molecule has 1 aromatic rings. The molecule has 0 aliphatic carbocycles. The Morgan fingerprint density at radius 3 is 3.00 bits per heavy atom. The van der Waals surface area contributed by atoms with Gasteiger partial charge in [-0.2, -0.15) is 0 Å². The number of likely N-dealkylation sites (tertiary alicyclic amines) is 1. The van der Waals surface area contributed by atoms with Crippen LogP contribution in [0.1, 0.15) is 28.8 Å². The predicted octanol–water partition coefficient (Wildman–Crippen LogP) is 2.11. The number of hydrogen-bond donors (Lipinski definition) is 1. The number of fused-ring (bicyclic) bond motifs is 1. The first-order valence-corrected chi connectivity index (χ1v) is 7.72. The van der Waals surface area contributed by atoms with Crippen LogP contribution in [0.15, 0.2) is 22.7 Å². The average molecular weight is 337 g/mol. The Hall–Kier alpha value is -1.36. The summed E-state index contributed by atoms with van der Waals surface area (Å²) in [4.78, 5) is 26.3. The molecule has 1 N–H and O–H groups in total. The van der Waals surface area contributed by atoms with E-state index in [4.69, 9.17) is 0 Å². The van der Waals surface area contributed by atoms with E-state index in [0.29, 0.717) is 12.1 Å². The number of halogens is 1. The molecule has 5 heteroatoms. The molecule has 106 valence electrons. The fourth-order valence-electron chi connectivity index (χ4n) is 3.15. The van der Waals surface area contributed by atoms with Crippen LogP contribution in [0, 0.1) is 12.8 Å². The minimum absolute atomic E-state index is 0.0210. The molecule has 2 aliphatic heterocycles. The van der Waals surface area contributed by atoms with E-state index in [2.05, 4.69) is 21.2 Å². The Kier molecular flexibility index (Phi) is 3.54. The van der Waals surface area contributed by atoms with Gasteiger partial charge in [0.05, 0.1) is 12.0 Å². The molecule has 0 bridgehead atoms. The molecule has 2 heterocycles. The summed E-state index contributed by atoms with van der Waals surface area (Å²) in [6, 6.07) is 5.67. The number of rotatable bonds is 1. The number of aryl methyl sites for hydroxylation is 1. The van der Waals surface area contributed by atoms with E-state index in [0.717, 1.165) is 29.4 Å². The third-order valence-electron chi connectivity index (χ3n) is 4.27. The highest BCUT2D eigenvalue weighted by Gasteiger charge is 2.42. The molecular formula is C15H17BrN2O2. The third-order valence-corrected chi connectivity index (χ3v) is 5.16. The van der Waals surface area contributed by atoms with Gasteiger partial charge in [0.15, 0.2) is 0 Å². The van der Waals surface area contributed by atoms with Crippen LogP contribution in [0.3, 0.4) is 0 Å². The quantitative estimate of drug-likeness (QED) is 0.853. The van der Waals surface area contributed by atoms with Gasteiger partial charge in [-0.25, -0.2) is 0 Å². The van der Waals surface area contributed by atoms with Crippen LogP contribution in [0.25, 0.3) is 0 Å². The van der Waals surface area contributed by atoms with Crippen LogP contribution in [0.5, 0.6) is 0 Å². The summed E-state index contributed by atoms with van der Waals surface area (Å²) in [6.07, 6.45) is 1.79. The van der Waals surface area contributed by atoms with Crippen molar-refractivity contribution < 1.29 is 9.59 Å². The second-order valence-corrected chi connectivity index (χ2v) is 6.38. The van der Waals surface area contributed by atoms with Gasteiger partial charge >= 0.3 is 0 Å². The molecule has 2 amide bonds. The molecule has 20 heavy (non-hydrogen) atoms. The van der Waals surface area contributed by atoms with Crippen LogP contribution in [-0.4, -0.2) is 35.8 Å². The van der Waals surface area contributed by atoms with Gasteiger partial charge < -0.3 is 10.2 Å². The molecule has 2 aliphatic rings. The summed E-state index contributed by atoms with van der Waals surface area (Å²) in [6.45, 7) is 3.30. The number of benzene rings is 1. The summed E-state index contributed by atoms with van der Waals surface area (Å²) in [7, 11) is 0. The lowest BCUT2D eigenvalue weighted by Crippen LogP contribution is -2.48. The summed E-state index contributed by atoms with van der Waals surface area (Å²) in [5.74, 6) is 0.107. The topological polar surface area (TPSA) is 49.4 Å². The van der Waals surface area contributed by atoms with Crippen LogP contribution in [-0.2, 0) is 4.79 Å². The molecule has 2 unspecified atom stereocenters. The highest BCUT2D eigenvalue weighted by atomic mass is 79.9. The van der Waals surface area contributed by atoms with Crippen molar-refractivity contribution in [1.29, 1.82) is 0 Å². The van der Waals surface area contributed by atoms with Gasteiger partial charge in [-0.3, -0.25) is 9.59 Å². The lowest BCUT2D eigenvalue weighted by Gasteiger charge is -2.36. The summed E-state index contributed by atoms with van der Waals surface area (Å²) in [5.41, 5.74) is 1.75. The lowest BCUT2D eigenvalue weighted by molar-refractivity contribution is -0.123. The van der Waals surface area contributed by atoms with Crippen LogP contribution in [0.4, 0.5) is 0 Å². The van der Waals surface area contributed by atoms with Crippen molar-refractivity contribution >= 4 is 27.7 Å². The van der Waals surface area contributed by atoms with E-state index in [9.17, 15) is 9.59 Å². The van der Waals surface area contributed by atoms with Crippen molar-refractivity contribution in [3.05, 3.63) is 33.8 Å². The van der Waals surface area contributed by atoms with Crippen LogP contribution < -0.4 is 5.32 Å². The third kappa shape index (κ3) is 2.24. The standard InChI is InChI=1S/C15H17BrN2O2/c1-9-7-10(4-5-12(9)16)15(20)18-6-2-3-11-13(18)8-17-14(11)19/h4-5,7,11,13H,2-3,6,8H2,1H3,(H,17,19). The van der Waals surface area contributed by atoms with Crippen molar-refractivity contribution in [3.63, 3.8) is 0 Å². The van der Waals surface area contributed by atoms with Gasteiger partial charge in [0.25, 0.3) is 5.91 Å². The average Bonchev–Trinajstić information content (AvgIpc) is 2.83. The Labute approximate surface area is 126 Å². The number of hydrogen-bond acceptors (Lipinski definition) is 2. The molecular weight excluding hydrogens is 320 g/mol. The van der Waals surface area contributed by atoms with E-state index in [1.165, 1.54) is 0 Å². The zero-order chi connectivity index (χ0) is 14.3. The summed E-state index contributed by atoms with van der Waals surface area (Å²) in [5, 5.41) is 2.88. The number of amides is 2. The van der Waals surface area contributed by atoms with Crippen LogP contribution >= 0.6 is 15.9 Å². The van der Waals surface area contributed by atoms with E-state index in [1.807, 2.05) is 30.0 Å². The first-order valence-electron chi connectivity index (χ1n) is 6.93. The van der Waals surface area contributed by atoms with Gasteiger partial charge in [-0.05, 0) is 43.5 Å². The van der Waals surface area contributed by atoms with Gasteiger partial charge in [0, 0.05) is 23.1 Å². The van der Waals surface area contributed by atoms with E-state index >= 15 is 0 Å². The Balaban J connectivity index is 1.86. The summed E-state index contributed by atoms with van der Waals surface area (Å²) < 4.78 is 1.00. The molecule has 0 aromatic heterocycles. The van der Waals surface area contributed by atoms with Crippen LogP contribution in [0.2, 0.25) is 0 Å². The van der Waals surface area contributed by atoms with E-state index in [-0.39, 0.29) is 23.8 Å². The molecule has 0 spiro atoms. The maximum atomic E-state index is 12.7. The molecule has 2 saturated heterocycles. The predicted molar refractivity (Wildman–Crippen MR) is 79.4 cm³/mol. The highest BCUT2D eigenvalue weighted by molar-refractivity contribution is 9.10. The van der Waals surface area contributed by atoms with Crippen molar-refractivity contribution in [1.82, 2.24) is 10.2 Å². The fraction of sp³-hybridized carbons (Fsp3) is 0.467. The zero-order valence-electron chi connectivity index (χ0n) is 11.4. The second kappa shape index (κ2) is 5.20. The number of carbonyl (C=O) groups is 2. The fourth-order valence-corrected chi connectivity index (χ4v) is 3.39. The zero-order valence-corrected chi connectivity index (χ0v) is 12.9. The first kappa shape index (κ1) is 13.6. The van der Waals surface area contributed by atoms with E-state index < -0.39 is 0 Å². The second-order valence-electron chi connectivity index (χ2n) is 5.52. The van der Waals surface area contributed by atoms with Crippen molar-refractivity contribution in [3.8, 4) is 0 Å². The van der Waals surface area contributed by atoms with Gasteiger partial charge in [-0.15, -0.1) is 0 Å². The van der Waals surface area contributed by atoms with Crippen molar-refractivity contribution in [2.75, 3.05) is 13.1 Å². The monoisotopic (exact) mass is 336 g/mol. The minimum Gasteiger partial charge on any atom is -0.354 e. The first-order chi connectivity index (χ1) is 9.58. The Bertz CT molecular complexity index is 573. The SMILES string of the molecule is Cc1cc(C(=O)N2CCCC3C(=O)NCC32)ccc1Br. The number of nitrogens with zero attached hydrogens (tertiary/aromatic N) is 1. The number of carbonyl (C=O) groups excluding carboxylic acids is 2. The molecule has 2 fully saturated rings. The Morgan fingerprint density at radius 2 is 2.25 bits per heavy atom. The lowest BCUT2D eigenvalue weighted by atomic mass is 9.91. The van der Waals surface area contributed by atoms with Gasteiger partial charge in [0.2, 0.25) is 5.91 Å². The van der Waals surface area contributed by atoms with Crippen molar-refractivity contribution in [2.24, 2.45) is 5.92 Å². The van der Waals surface area contributed by atoms with Crippen molar-refractivity contribution in [2.45, 2.75) is 25.8 Å². The maximum Gasteiger partial charge on any atom is 0.254 e. The maximum absolute atomic E-state index is 12.7. The molecule has 1 aromatic carbocycles. The van der Waals surface area contributed by atoms with Gasteiger partial charge in [0.1, 0.15) is 0 Å². The number of piperidine rings is 1. The molecule has 4 nitrogen and oxygen atoms in total. The molecule has 3 rings (SSSR count). The Morgan fingerprint density at radius 1 is 1.45 bits per heavy atom. The molecule has 0 saturated carbocycles. The van der Waals surface area contributed by atoms with E-state index in [1.54, 1.807) is 0 Å². The normalized spacial score (nSPS) is 25.3. The summed E-state index contributed by atoms with van der Waals surface area (Å²) >= 11 is 3.45. The molecule has 2 atom stereocenters. The highest BCUT2D eigenvalue weighted by Crippen LogP contribution is 2.29.